The Morgan fingerprint density at radius 3 is 2.52 bits per heavy atom. The van der Waals surface area contributed by atoms with Crippen LogP contribution in [-0.4, -0.2) is 42.0 Å². The lowest BCUT2D eigenvalue weighted by molar-refractivity contribution is -0.147. The van der Waals surface area contributed by atoms with E-state index in [0.717, 1.165) is 10.0 Å². The fraction of sp³-hybridized carbons (Fsp3) is 0.294. The Balaban J connectivity index is 1.75. The van der Waals surface area contributed by atoms with E-state index in [4.69, 9.17) is 4.74 Å². The average molecular weight is 407 g/mol. The summed E-state index contributed by atoms with van der Waals surface area (Å²) in [5.41, 5.74) is 0.962. The molecule has 25 heavy (non-hydrogen) atoms. The number of hydrogen-bond donors (Lipinski definition) is 1. The number of nitrogens with one attached hydrogen (secondary N) is 1. The standard InChI is InChI=1S/C17H19BrN4O3/c1-12(13-4-6-14(18)7-5-13)21-15(23)11-25-16(24)10-22(2)17-19-8-3-9-20-17/h3-9,12H,10-11H2,1-2H3,(H,21,23). The number of hydrogen-bond acceptors (Lipinski definition) is 6. The molecular weight excluding hydrogens is 388 g/mol. The monoisotopic (exact) mass is 406 g/mol. The van der Waals surface area contributed by atoms with E-state index in [1.807, 2.05) is 31.2 Å². The van der Waals surface area contributed by atoms with Gasteiger partial charge in [-0.1, -0.05) is 28.1 Å². The van der Waals surface area contributed by atoms with E-state index in [-0.39, 0.29) is 25.1 Å². The molecule has 0 bridgehead atoms. The molecule has 1 N–H and O–H groups in total. The van der Waals surface area contributed by atoms with E-state index in [1.54, 1.807) is 30.4 Å². The molecule has 0 aliphatic heterocycles. The minimum absolute atomic E-state index is 0.0421. The maximum atomic E-state index is 11.9. The number of aromatic nitrogens is 2. The number of carbonyl (C=O) groups is 2. The number of ether oxygens (including phenoxy) is 1. The van der Waals surface area contributed by atoms with Crippen LogP contribution in [0.3, 0.4) is 0 Å². The largest absolute Gasteiger partial charge is 0.454 e. The molecule has 1 unspecified atom stereocenters. The van der Waals surface area contributed by atoms with Crippen LogP contribution in [0.4, 0.5) is 5.95 Å². The number of carbonyl (C=O) groups excluding carboxylic acids is 2. The van der Waals surface area contributed by atoms with Crippen LogP contribution in [0.15, 0.2) is 47.2 Å². The maximum Gasteiger partial charge on any atom is 0.326 e. The van der Waals surface area contributed by atoms with Crippen LogP contribution in [0, 0.1) is 0 Å². The Labute approximate surface area is 154 Å². The number of rotatable bonds is 7. The van der Waals surface area contributed by atoms with E-state index in [1.165, 1.54) is 0 Å². The summed E-state index contributed by atoms with van der Waals surface area (Å²) in [6, 6.07) is 9.14. The second-order valence-electron chi connectivity index (χ2n) is 5.41. The number of esters is 1. The molecule has 0 aliphatic rings. The SMILES string of the molecule is CC(NC(=O)COC(=O)CN(C)c1ncccn1)c1ccc(Br)cc1. The normalized spacial score (nSPS) is 11.5. The minimum atomic E-state index is -0.526. The molecule has 2 rings (SSSR count). The maximum absolute atomic E-state index is 11.9. The lowest BCUT2D eigenvalue weighted by Gasteiger charge is -2.16. The van der Waals surface area contributed by atoms with E-state index < -0.39 is 5.97 Å². The van der Waals surface area contributed by atoms with Gasteiger partial charge in [0, 0.05) is 23.9 Å². The summed E-state index contributed by atoms with van der Waals surface area (Å²) in [5.74, 6) is -0.475. The quantitative estimate of drug-likeness (QED) is 0.708. The molecule has 0 radical (unpaired) electrons. The number of nitrogens with zero attached hydrogens (tertiary/aromatic N) is 3. The summed E-state index contributed by atoms with van der Waals surface area (Å²) in [5, 5.41) is 2.79. The first-order valence-corrected chi connectivity index (χ1v) is 8.43. The van der Waals surface area contributed by atoms with Crippen molar-refractivity contribution >= 4 is 33.8 Å². The van der Waals surface area contributed by atoms with Crippen LogP contribution < -0.4 is 10.2 Å². The number of likely N-dealkylation sites (N-methyl/N-ethyl adjacent to an activating group) is 1. The van der Waals surface area contributed by atoms with Crippen LogP contribution in [-0.2, 0) is 14.3 Å². The van der Waals surface area contributed by atoms with Gasteiger partial charge in [0.1, 0.15) is 6.54 Å². The molecular formula is C17H19BrN4O3. The lowest BCUT2D eigenvalue weighted by atomic mass is 10.1. The third-order valence-corrected chi connectivity index (χ3v) is 3.90. The van der Waals surface area contributed by atoms with Gasteiger partial charge in [0.25, 0.3) is 5.91 Å². The van der Waals surface area contributed by atoms with E-state index >= 15 is 0 Å². The zero-order valence-corrected chi connectivity index (χ0v) is 15.6. The highest BCUT2D eigenvalue weighted by Gasteiger charge is 2.14. The summed E-state index contributed by atoms with van der Waals surface area (Å²) in [4.78, 5) is 33.3. The van der Waals surface area contributed by atoms with Crippen molar-refractivity contribution in [3.05, 3.63) is 52.8 Å². The van der Waals surface area contributed by atoms with Crippen LogP contribution in [0.25, 0.3) is 0 Å². The molecule has 0 saturated heterocycles. The van der Waals surface area contributed by atoms with Gasteiger partial charge < -0.3 is 15.0 Å². The summed E-state index contributed by atoms with van der Waals surface area (Å²) < 4.78 is 5.96. The van der Waals surface area contributed by atoms with Crippen molar-refractivity contribution in [3.63, 3.8) is 0 Å². The van der Waals surface area contributed by atoms with Crippen LogP contribution >= 0.6 is 15.9 Å². The van der Waals surface area contributed by atoms with Crippen LogP contribution in [0.2, 0.25) is 0 Å². The third-order valence-electron chi connectivity index (χ3n) is 3.37. The Hall–Kier alpha value is -2.48. The van der Waals surface area contributed by atoms with Gasteiger partial charge in [0.05, 0.1) is 6.04 Å². The van der Waals surface area contributed by atoms with Crippen molar-refractivity contribution in [1.82, 2.24) is 15.3 Å². The molecule has 1 aromatic carbocycles. The minimum Gasteiger partial charge on any atom is -0.454 e. The Kier molecular flexibility index (Phi) is 6.88. The van der Waals surface area contributed by atoms with Gasteiger partial charge in [-0.15, -0.1) is 0 Å². The van der Waals surface area contributed by atoms with Gasteiger partial charge in [0.2, 0.25) is 5.95 Å². The van der Waals surface area contributed by atoms with E-state index in [2.05, 4.69) is 31.2 Å². The molecule has 1 amide bonds. The van der Waals surface area contributed by atoms with Crippen LogP contribution in [0.5, 0.6) is 0 Å². The number of benzene rings is 1. The fourth-order valence-electron chi connectivity index (χ4n) is 2.06. The Bertz CT molecular complexity index is 710. The van der Waals surface area contributed by atoms with Gasteiger partial charge in [0.15, 0.2) is 6.61 Å². The first kappa shape index (κ1) is 18.9. The van der Waals surface area contributed by atoms with Crippen molar-refractivity contribution in [1.29, 1.82) is 0 Å². The van der Waals surface area contributed by atoms with Gasteiger partial charge in [-0.05, 0) is 30.7 Å². The van der Waals surface area contributed by atoms with E-state index in [0.29, 0.717) is 5.95 Å². The first-order valence-electron chi connectivity index (χ1n) is 7.64. The molecule has 0 spiro atoms. The van der Waals surface area contributed by atoms with Crippen molar-refractivity contribution in [3.8, 4) is 0 Å². The van der Waals surface area contributed by atoms with Gasteiger partial charge in [-0.25, -0.2) is 9.97 Å². The molecule has 8 heteroatoms. The zero-order valence-electron chi connectivity index (χ0n) is 14.0. The molecule has 1 atom stereocenters. The predicted octanol–water partition coefficient (Wildman–Crippen LogP) is 2.10. The lowest BCUT2D eigenvalue weighted by Crippen LogP contribution is -2.34. The topological polar surface area (TPSA) is 84.4 Å². The number of halogens is 1. The van der Waals surface area contributed by atoms with Gasteiger partial charge >= 0.3 is 5.97 Å². The summed E-state index contributed by atoms with van der Waals surface area (Å²) in [7, 11) is 1.67. The molecule has 132 valence electrons. The summed E-state index contributed by atoms with van der Waals surface area (Å²) >= 11 is 3.36. The van der Waals surface area contributed by atoms with E-state index in [9.17, 15) is 9.59 Å². The second kappa shape index (κ2) is 9.12. The second-order valence-corrected chi connectivity index (χ2v) is 6.32. The predicted molar refractivity (Wildman–Crippen MR) is 97.0 cm³/mol. The highest BCUT2D eigenvalue weighted by Crippen LogP contribution is 2.16. The smallest absolute Gasteiger partial charge is 0.326 e. The van der Waals surface area contributed by atoms with Crippen molar-refractivity contribution < 1.29 is 14.3 Å². The van der Waals surface area contributed by atoms with Gasteiger partial charge in [-0.3, -0.25) is 9.59 Å². The van der Waals surface area contributed by atoms with Crippen LogP contribution in [0.1, 0.15) is 18.5 Å². The number of anilines is 1. The third kappa shape index (κ3) is 6.15. The highest BCUT2D eigenvalue weighted by molar-refractivity contribution is 9.10. The fourth-order valence-corrected chi connectivity index (χ4v) is 2.33. The molecule has 2 aromatic rings. The highest BCUT2D eigenvalue weighted by atomic mass is 79.9. The molecule has 0 aliphatic carbocycles. The molecule has 0 fully saturated rings. The first-order chi connectivity index (χ1) is 12.0. The zero-order chi connectivity index (χ0) is 18.2. The average Bonchev–Trinajstić information content (AvgIpc) is 2.61. The molecule has 7 nitrogen and oxygen atoms in total. The van der Waals surface area contributed by atoms with Crippen molar-refractivity contribution in [2.75, 3.05) is 25.1 Å². The van der Waals surface area contributed by atoms with Gasteiger partial charge in [-0.2, -0.15) is 0 Å². The summed E-state index contributed by atoms with van der Waals surface area (Å²) in [6.45, 7) is 1.49. The number of amides is 1. The molecule has 1 aromatic heterocycles. The van der Waals surface area contributed by atoms with Crippen molar-refractivity contribution in [2.24, 2.45) is 0 Å². The summed E-state index contributed by atoms with van der Waals surface area (Å²) in [6.07, 6.45) is 3.17. The Morgan fingerprint density at radius 2 is 1.88 bits per heavy atom. The molecule has 1 heterocycles. The molecule has 0 saturated carbocycles. The Morgan fingerprint density at radius 1 is 1.24 bits per heavy atom. The van der Waals surface area contributed by atoms with Crippen molar-refractivity contribution in [2.45, 2.75) is 13.0 Å².